The van der Waals surface area contributed by atoms with Gasteiger partial charge in [0.05, 0.1) is 23.0 Å². The summed E-state index contributed by atoms with van der Waals surface area (Å²) in [5, 5.41) is 14.2. The van der Waals surface area contributed by atoms with Gasteiger partial charge in [-0.05, 0) is 37.3 Å². The summed E-state index contributed by atoms with van der Waals surface area (Å²) in [5.74, 6) is 0.599. The maximum atomic E-state index is 13.2. The third-order valence-electron chi connectivity index (χ3n) is 4.22. The summed E-state index contributed by atoms with van der Waals surface area (Å²) >= 11 is 0. The van der Waals surface area contributed by atoms with E-state index in [0.717, 1.165) is 23.2 Å². The first-order chi connectivity index (χ1) is 13.3. The third kappa shape index (κ3) is 3.18. The number of aryl methyl sites for hydroxylation is 1. The molecule has 8 heteroatoms. The molecule has 4 rings (SSSR count). The topological polar surface area (TPSA) is 67.4 Å². The van der Waals surface area contributed by atoms with Gasteiger partial charge in [0.15, 0.2) is 5.82 Å². The van der Waals surface area contributed by atoms with Crippen molar-refractivity contribution in [3.63, 3.8) is 0 Å². The van der Waals surface area contributed by atoms with Gasteiger partial charge in [0.25, 0.3) is 0 Å². The highest BCUT2D eigenvalue weighted by Crippen LogP contribution is 2.33. The molecule has 0 amide bonds. The molecule has 3 heterocycles. The van der Waals surface area contributed by atoms with Crippen LogP contribution in [0.3, 0.4) is 0 Å². The second kappa shape index (κ2) is 6.46. The predicted octanol–water partition coefficient (Wildman–Crippen LogP) is 4.68. The fourth-order valence-electron chi connectivity index (χ4n) is 2.91. The average molecular weight is 379 g/mol. The standard InChI is InChI=1S/C20H12F3N5/c1-12-3-2-4-19(26-12)28-18-7-13(5-6-14(18)11-25-28)17-9-15(20(21,22)23)8-16(10-24)27-17/h2-9,11H,1H3. The average Bonchev–Trinajstić information content (AvgIpc) is 3.10. The van der Waals surface area contributed by atoms with E-state index >= 15 is 0 Å². The minimum absolute atomic E-state index is 0.0678. The maximum Gasteiger partial charge on any atom is 0.416 e. The molecule has 0 radical (unpaired) electrons. The Kier molecular flexibility index (Phi) is 4.08. The second-order valence-corrected chi connectivity index (χ2v) is 6.20. The highest BCUT2D eigenvalue weighted by Gasteiger charge is 2.31. The van der Waals surface area contributed by atoms with E-state index in [0.29, 0.717) is 16.9 Å². The number of benzene rings is 1. The van der Waals surface area contributed by atoms with E-state index in [1.165, 1.54) is 0 Å². The molecule has 0 aliphatic carbocycles. The van der Waals surface area contributed by atoms with Crippen LogP contribution in [0.15, 0.2) is 54.7 Å². The summed E-state index contributed by atoms with van der Waals surface area (Å²) in [6.45, 7) is 1.86. The summed E-state index contributed by atoms with van der Waals surface area (Å²) in [6, 6.07) is 14.0. The lowest BCUT2D eigenvalue weighted by molar-refractivity contribution is -0.137. The van der Waals surface area contributed by atoms with Crippen LogP contribution in [0, 0.1) is 18.3 Å². The minimum atomic E-state index is -4.57. The zero-order valence-electron chi connectivity index (χ0n) is 14.6. The monoisotopic (exact) mass is 379 g/mol. The second-order valence-electron chi connectivity index (χ2n) is 6.20. The molecule has 3 aromatic heterocycles. The summed E-state index contributed by atoms with van der Waals surface area (Å²) in [5.41, 5.74) is 0.799. The summed E-state index contributed by atoms with van der Waals surface area (Å²) in [7, 11) is 0. The molecule has 1 aromatic carbocycles. The van der Waals surface area contributed by atoms with Crippen molar-refractivity contribution in [3.05, 3.63) is 71.7 Å². The van der Waals surface area contributed by atoms with Crippen LogP contribution in [0.25, 0.3) is 28.0 Å². The van der Waals surface area contributed by atoms with E-state index in [2.05, 4.69) is 15.1 Å². The Hall–Kier alpha value is -3.73. The Morgan fingerprint density at radius 3 is 2.57 bits per heavy atom. The van der Waals surface area contributed by atoms with Crippen molar-refractivity contribution in [1.82, 2.24) is 19.7 Å². The number of halogens is 3. The molecule has 0 fully saturated rings. The van der Waals surface area contributed by atoms with Crippen molar-refractivity contribution in [1.29, 1.82) is 5.26 Å². The molecule has 0 bridgehead atoms. The Balaban J connectivity index is 1.89. The number of nitriles is 1. The molecule has 0 saturated heterocycles. The van der Waals surface area contributed by atoms with E-state index in [9.17, 15) is 13.2 Å². The summed E-state index contributed by atoms with van der Waals surface area (Å²) < 4.78 is 41.1. The molecule has 138 valence electrons. The first-order valence-electron chi connectivity index (χ1n) is 8.27. The van der Waals surface area contributed by atoms with Gasteiger partial charge in [0.2, 0.25) is 0 Å². The number of nitrogens with zero attached hydrogens (tertiary/aromatic N) is 5. The molecule has 0 N–H and O–H groups in total. The first-order valence-corrected chi connectivity index (χ1v) is 8.27. The van der Waals surface area contributed by atoms with Crippen LogP contribution in [-0.4, -0.2) is 19.7 Å². The quantitative estimate of drug-likeness (QED) is 0.507. The minimum Gasteiger partial charge on any atom is -0.237 e. The summed E-state index contributed by atoms with van der Waals surface area (Å²) in [4.78, 5) is 8.47. The summed E-state index contributed by atoms with van der Waals surface area (Å²) in [6.07, 6.45) is -2.91. The number of hydrogen-bond acceptors (Lipinski definition) is 4. The van der Waals surface area contributed by atoms with Crippen molar-refractivity contribution in [3.8, 4) is 23.1 Å². The molecule has 5 nitrogen and oxygen atoms in total. The van der Waals surface area contributed by atoms with Gasteiger partial charge in [-0.1, -0.05) is 18.2 Å². The van der Waals surface area contributed by atoms with Gasteiger partial charge >= 0.3 is 6.18 Å². The van der Waals surface area contributed by atoms with E-state index in [1.807, 2.05) is 19.1 Å². The first kappa shape index (κ1) is 17.7. The van der Waals surface area contributed by atoms with Crippen molar-refractivity contribution in [2.45, 2.75) is 13.1 Å². The molecule has 28 heavy (non-hydrogen) atoms. The fraction of sp³-hybridized carbons (Fsp3) is 0.100. The smallest absolute Gasteiger partial charge is 0.237 e. The van der Waals surface area contributed by atoms with Crippen LogP contribution < -0.4 is 0 Å². The zero-order chi connectivity index (χ0) is 19.9. The molecule has 0 aliphatic heterocycles. The SMILES string of the molecule is Cc1cccc(-n2ncc3ccc(-c4cc(C(F)(F)F)cc(C#N)n4)cc32)n1. The Labute approximate surface area is 157 Å². The van der Waals surface area contributed by atoms with Gasteiger partial charge in [-0.15, -0.1) is 0 Å². The molecule has 0 atom stereocenters. The van der Waals surface area contributed by atoms with Crippen LogP contribution >= 0.6 is 0 Å². The number of rotatable bonds is 2. The lowest BCUT2D eigenvalue weighted by Gasteiger charge is -2.10. The highest BCUT2D eigenvalue weighted by molar-refractivity contribution is 5.85. The molecule has 0 aliphatic rings. The van der Waals surface area contributed by atoms with Crippen LogP contribution in [0.1, 0.15) is 17.0 Å². The van der Waals surface area contributed by atoms with Gasteiger partial charge < -0.3 is 0 Å². The Bertz CT molecular complexity index is 1230. The molecule has 0 unspecified atom stereocenters. The molecular weight excluding hydrogens is 367 g/mol. The van der Waals surface area contributed by atoms with Crippen molar-refractivity contribution in [2.75, 3.05) is 0 Å². The van der Waals surface area contributed by atoms with Gasteiger partial charge in [-0.25, -0.2) is 14.6 Å². The molecular formula is C20H12F3N5. The largest absolute Gasteiger partial charge is 0.416 e. The highest BCUT2D eigenvalue weighted by atomic mass is 19.4. The number of fused-ring (bicyclic) bond motifs is 1. The maximum absolute atomic E-state index is 13.2. The zero-order valence-corrected chi connectivity index (χ0v) is 14.6. The van der Waals surface area contributed by atoms with E-state index in [1.54, 1.807) is 41.2 Å². The fourth-order valence-corrected chi connectivity index (χ4v) is 2.91. The lowest BCUT2D eigenvalue weighted by Crippen LogP contribution is -2.07. The molecule has 4 aromatic rings. The van der Waals surface area contributed by atoms with E-state index in [-0.39, 0.29) is 11.4 Å². The van der Waals surface area contributed by atoms with Crippen LogP contribution in [0.4, 0.5) is 13.2 Å². The Morgan fingerprint density at radius 1 is 1.04 bits per heavy atom. The van der Waals surface area contributed by atoms with Crippen LogP contribution in [0.2, 0.25) is 0 Å². The molecule has 0 spiro atoms. The van der Waals surface area contributed by atoms with Gasteiger partial charge in [0, 0.05) is 16.6 Å². The van der Waals surface area contributed by atoms with E-state index in [4.69, 9.17) is 5.26 Å². The van der Waals surface area contributed by atoms with Gasteiger partial charge in [-0.2, -0.15) is 23.5 Å². The van der Waals surface area contributed by atoms with Crippen molar-refractivity contribution < 1.29 is 13.2 Å². The van der Waals surface area contributed by atoms with Gasteiger partial charge in [0.1, 0.15) is 11.8 Å². The Morgan fingerprint density at radius 2 is 1.86 bits per heavy atom. The number of aromatic nitrogens is 4. The van der Waals surface area contributed by atoms with Crippen molar-refractivity contribution >= 4 is 10.9 Å². The van der Waals surface area contributed by atoms with Crippen molar-refractivity contribution in [2.24, 2.45) is 0 Å². The predicted molar refractivity (Wildman–Crippen MR) is 96.6 cm³/mol. The van der Waals surface area contributed by atoms with Crippen LogP contribution in [0.5, 0.6) is 0 Å². The molecule has 0 saturated carbocycles. The number of pyridine rings is 2. The normalized spacial score (nSPS) is 11.5. The van der Waals surface area contributed by atoms with Gasteiger partial charge in [-0.3, -0.25) is 0 Å². The van der Waals surface area contributed by atoms with E-state index < -0.39 is 11.7 Å². The number of hydrogen-bond donors (Lipinski definition) is 0. The van der Waals surface area contributed by atoms with Crippen LogP contribution in [-0.2, 0) is 6.18 Å². The number of alkyl halides is 3. The lowest BCUT2D eigenvalue weighted by atomic mass is 10.1. The third-order valence-corrected chi connectivity index (χ3v) is 4.22.